The molecule has 0 atom stereocenters. The van der Waals surface area contributed by atoms with Gasteiger partial charge in [-0.3, -0.25) is 4.79 Å². The van der Waals surface area contributed by atoms with E-state index in [-0.39, 0.29) is 5.91 Å². The van der Waals surface area contributed by atoms with Gasteiger partial charge in [0.1, 0.15) is 16.2 Å². The highest BCUT2D eigenvalue weighted by molar-refractivity contribution is 8.00. The third kappa shape index (κ3) is 3.06. The van der Waals surface area contributed by atoms with E-state index in [9.17, 15) is 4.79 Å². The van der Waals surface area contributed by atoms with Crippen molar-refractivity contribution in [1.82, 2.24) is 15.3 Å². The van der Waals surface area contributed by atoms with Crippen LogP contribution in [0.3, 0.4) is 0 Å². The molecular weight excluding hydrogens is 278 g/mol. The summed E-state index contributed by atoms with van der Waals surface area (Å²) in [5.74, 6) is 0.533. The number of aromatic nitrogens is 2. The van der Waals surface area contributed by atoms with Gasteiger partial charge in [-0.25, -0.2) is 9.97 Å². The molecule has 1 aliphatic rings. The van der Waals surface area contributed by atoms with Gasteiger partial charge < -0.3 is 5.32 Å². The van der Waals surface area contributed by atoms with E-state index in [0.29, 0.717) is 11.8 Å². The standard InChI is InChI=1S/C13H15N3OS2/c1-2-9-5-10-12(14-7-15-13(10)19-9)18-6-11(17)16-8-3-4-8/h5,7-8H,2-4,6H2,1H3,(H,16,17). The second-order valence-electron chi connectivity index (χ2n) is 4.59. The third-order valence-corrected chi connectivity index (χ3v) is 5.17. The molecule has 0 bridgehead atoms. The summed E-state index contributed by atoms with van der Waals surface area (Å²) in [6.07, 6.45) is 4.84. The summed E-state index contributed by atoms with van der Waals surface area (Å²) >= 11 is 3.20. The molecule has 0 unspecified atom stereocenters. The number of amides is 1. The summed E-state index contributed by atoms with van der Waals surface area (Å²) in [5.41, 5.74) is 0. The van der Waals surface area contributed by atoms with Gasteiger partial charge in [0, 0.05) is 16.3 Å². The largest absolute Gasteiger partial charge is 0.353 e. The van der Waals surface area contributed by atoms with E-state index in [1.54, 1.807) is 17.7 Å². The first-order valence-electron chi connectivity index (χ1n) is 6.42. The van der Waals surface area contributed by atoms with E-state index < -0.39 is 0 Å². The second kappa shape index (κ2) is 5.46. The molecule has 0 aliphatic heterocycles. The predicted molar refractivity (Wildman–Crippen MR) is 78.7 cm³/mol. The number of thioether (sulfide) groups is 1. The Labute approximate surface area is 120 Å². The van der Waals surface area contributed by atoms with E-state index in [1.165, 1.54) is 16.6 Å². The lowest BCUT2D eigenvalue weighted by Gasteiger charge is -2.03. The number of hydrogen-bond acceptors (Lipinski definition) is 5. The number of nitrogens with zero attached hydrogens (tertiary/aromatic N) is 2. The fourth-order valence-electron chi connectivity index (χ4n) is 1.80. The number of rotatable bonds is 5. The van der Waals surface area contributed by atoms with Crippen LogP contribution in [0.5, 0.6) is 0 Å². The van der Waals surface area contributed by atoms with Crippen molar-refractivity contribution < 1.29 is 4.79 Å². The average Bonchev–Trinajstić information content (AvgIpc) is 3.11. The molecule has 0 saturated heterocycles. The van der Waals surface area contributed by atoms with Crippen LogP contribution in [-0.2, 0) is 11.2 Å². The number of nitrogens with one attached hydrogen (secondary N) is 1. The summed E-state index contributed by atoms with van der Waals surface area (Å²) in [5, 5.41) is 4.97. The molecule has 6 heteroatoms. The minimum absolute atomic E-state index is 0.102. The number of hydrogen-bond donors (Lipinski definition) is 1. The van der Waals surface area contributed by atoms with Gasteiger partial charge in [0.2, 0.25) is 5.91 Å². The fraction of sp³-hybridized carbons (Fsp3) is 0.462. The molecule has 100 valence electrons. The maximum absolute atomic E-state index is 11.7. The zero-order valence-electron chi connectivity index (χ0n) is 10.7. The van der Waals surface area contributed by atoms with Crippen LogP contribution in [0.25, 0.3) is 10.2 Å². The van der Waals surface area contributed by atoms with Crippen LogP contribution in [0.1, 0.15) is 24.6 Å². The van der Waals surface area contributed by atoms with Gasteiger partial charge in [-0.1, -0.05) is 18.7 Å². The maximum atomic E-state index is 11.7. The van der Waals surface area contributed by atoms with Gasteiger partial charge in [-0.15, -0.1) is 11.3 Å². The van der Waals surface area contributed by atoms with Crippen molar-refractivity contribution in [3.05, 3.63) is 17.3 Å². The first-order chi connectivity index (χ1) is 9.26. The van der Waals surface area contributed by atoms with Gasteiger partial charge >= 0.3 is 0 Å². The molecule has 3 rings (SSSR count). The lowest BCUT2D eigenvalue weighted by atomic mass is 10.3. The smallest absolute Gasteiger partial charge is 0.230 e. The highest BCUT2D eigenvalue weighted by atomic mass is 32.2. The van der Waals surface area contributed by atoms with E-state index in [2.05, 4.69) is 28.3 Å². The molecule has 2 aromatic rings. The minimum atomic E-state index is 0.102. The first kappa shape index (κ1) is 12.9. The number of thiophene rings is 1. The van der Waals surface area contributed by atoms with Crippen LogP contribution in [0.4, 0.5) is 0 Å². The minimum Gasteiger partial charge on any atom is -0.353 e. The zero-order chi connectivity index (χ0) is 13.2. The van der Waals surface area contributed by atoms with Crippen LogP contribution >= 0.6 is 23.1 Å². The molecule has 4 nitrogen and oxygen atoms in total. The van der Waals surface area contributed by atoms with Gasteiger partial charge in [0.05, 0.1) is 5.75 Å². The Morgan fingerprint density at radius 2 is 2.37 bits per heavy atom. The molecule has 0 aromatic carbocycles. The lowest BCUT2D eigenvalue weighted by molar-refractivity contribution is -0.118. The van der Waals surface area contributed by atoms with Crippen LogP contribution in [0, 0.1) is 0 Å². The SMILES string of the molecule is CCc1cc2c(SCC(=O)NC3CC3)ncnc2s1. The topological polar surface area (TPSA) is 54.9 Å². The Bertz CT molecular complexity index is 607. The molecular formula is C13H15N3OS2. The molecule has 2 heterocycles. The van der Waals surface area contributed by atoms with E-state index in [1.807, 2.05) is 0 Å². The Balaban J connectivity index is 1.72. The Hall–Kier alpha value is -1.14. The molecule has 1 N–H and O–H groups in total. The van der Waals surface area contributed by atoms with E-state index in [0.717, 1.165) is 34.5 Å². The zero-order valence-corrected chi connectivity index (χ0v) is 12.3. The van der Waals surface area contributed by atoms with Crippen LogP contribution in [-0.4, -0.2) is 27.7 Å². The van der Waals surface area contributed by atoms with Crippen molar-refractivity contribution in [1.29, 1.82) is 0 Å². The predicted octanol–water partition coefficient (Wildman–Crippen LogP) is 2.62. The Morgan fingerprint density at radius 3 is 3.11 bits per heavy atom. The van der Waals surface area contributed by atoms with Crippen LogP contribution < -0.4 is 5.32 Å². The molecule has 0 radical (unpaired) electrons. The van der Waals surface area contributed by atoms with Crippen LogP contribution in [0.2, 0.25) is 0 Å². The van der Waals surface area contributed by atoms with Gasteiger partial charge in [-0.2, -0.15) is 0 Å². The highest BCUT2D eigenvalue weighted by Gasteiger charge is 2.23. The van der Waals surface area contributed by atoms with Gasteiger partial charge in [0.25, 0.3) is 0 Å². The Morgan fingerprint density at radius 1 is 1.53 bits per heavy atom. The van der Waals surface area contributed by atoms with Crippen molar-refractivity contribution in [3.63, 3.8) is 0 Å². The first-order valence-corrected chi connectivity index (χ1v) is 8.22. The molecule has 19 heavy (non-hydrogen) atoms. The quantitative estimate of drug-likeness (QED) is 0.680. The van der Waals surface area contributed by atoms with Gasteiger partial charge in [0.15, 0.2) is 0 Å². The van der Waals surface area contributed by atoms with Crippen molar-refractivity contribution in [2.45, 2.75) is 37.3 Å². The highest BCUT2D eigenvalue weighted by Crippen LogP contribution is 2.31. The van der Waals surface area contributed by atoms with E-state index in [4.69, 9.17) is 0 Å². The molecule has 1 saturated carbocycles. The normalized spacial score (nSPS) is 14.8. The van der Waals surface area contributed by atoms with Crippen molar-refractivity contribution in [2.75, 3.05) is 5.75 Å². The molecule has 2 aromatic heterocycles. The number of aryl methyl sites for hydroxylation is 1. The Kier molecular flexibility index (Phi) is 3.70. The lowest BCUT2D eigenvalue weighted by Crippen LogP contribution is -2.27. The monoisotopic (exact) mass is 293 g/mol. The number of carbonyl (C=O) groups excluding carboxylic acids is 1. The molecule has 1 fully saturated rings. The summed E-state index contributed by atoms with van der Waals surface area (Å²) in [6.45, 7) is 2.13. The second-order valence-corrected chi connectivity index (χ2v) is 6.67. The number of fused-ring (bicyclic) bond motifs is 1. The maximum Gasteiger partial charge on any atom is 0.230 e. The molecule has 0 spiro atoms. The molecule has 1 amide bonds. The summed E-state index contributed by atoms with van der Waals surface area (Å²) < 4.78 is 0. The number of carbonyl (C=O) groups is 1. The molecule has 1 aliphatic carbocycles. The summed E-state index contributed by atoms with van der Waals surface area (Å²) in [4.78, 5) is 22.6. The van der Waals surface area contributed by atoms with E-state index >= 15 is 0 Å². The van der Waals surface area contributed by atoms with Crippen molar-refractivity contribution in [3.8, 4) is 0 Å². The van der Waals surface area contributed by atoms with Crippen molar-refractivity contribution >= 4 is 39.2 Å². The summed E-state index contributed by atoms with van der Waals surface area (Å²) in [6, 6.07) is 2.56. The fourth-order valence-corrected chi connectivity index (χ4v) is 3.59. The third-order valence-electron chi connectivity index (χ3n) is 2.97. The average molecular weight is 293 g/mol. The van der Waals surface area contributed by atoms with Crippen molar-refractivity contribution in [2.24, 2.45) is 0 Å². The summed E-state index contributed by atoms with van der Waals surface area (Å²) in [7, 11) is 0. The van der Waals surface area contributed by atoms with Crippen LogP contribution in [0.15, 0.2) is 17.4 Å². The van der Waals surface area contributed by atoms with Gasteiger partial charge in [-0.05, 0) is 25.3 Å².